The van der Waals surface area contributed by atoms with Gasteiger partial charge in [-0.2, -0.15) is 0 Å². The number of carbonyl (C=O) groups is 1. The van der Waals surface area contributed by atoms with Crippen molar-refractivity contribution < 1.29 is 4.79 Å². The fraction of sp³-hybridized carbons (Fsp3) is 0.538. The summed E-state index contributed by atoms with van der Waals surface area (Å²) in [5.41, 5.74) is 5.80. The third-order valence-corrected chi connectivity index (χ3v) is 3.33. The molecule has 1 rings (SSSR count). The fourth-order valence-corrected chi connectivity index (χ4v) is 1.11. The van der Waals surface area contributed by atoms with Crippen molar-refractivity contribution in [3.8, 4) is 0 Å². The number of nitrogens with zero attached hydrogens (tertiary/aromatic N) is 1. The van der Waals surface area contributed by atoms with Crippen molar-refractivity contribution in [3.63, 3.8) is 0 Å². The van der Waals surface area contributed by atoms with Crippen molar-refractivity contribution in [2.45, 2.75) is 40.2 Å². The number of aryl methyl sites for hydroxylation is 1. The minimum Gasteiger partial charge on any atom is -0.325 e. The number of rotatable bonds is 3. The molecule has 94 valence electrons. The topological polar surface area (TPSA) is 68.0 Å². The quantitative estimate of drug-likeness (QED) is 0.843. The summed E-state index contributed by atoms with van der Waals surface area (Å²) in [7, 11) is 0. The van der Waals surface area contributed by atoms with Crippen LogP contribution in [0.2, 0.25) is 0 Å². The van der Waals surface area contributed by atoms with E-state index in [9.17, 15) is 4.79 Å². The highest BCUT2D eigenvalue weighted by molar-refractivity contribution is 5.95. The molecule has 4 nitrogen and oxygen atoms in total. The van der Waals surface area contributed by atoms with Gasteiger partial charge in [-0.1, -0.05) is 6.07 Å². The molecule has 0 aromatic carbocycles. The van der Waals surface area contributed by atoms with E-state index in [2.05, 4.69) is 10.3 Å². The lowest BCUT2D eigenvalue weighted by Gasteiger charge is -2.36. The maximum atomic E-state index is 12.1. The van der Waals surface area contributed by atoms with Crippen LogP contribution in [-0.4, -0.2) is 16.4 Å². The Hall–Kier alpha value is -1.42. The zero-order valence-corrected chi connectivity index (χ0v) is 11.2. The summed E-state index contributed by atoms with van der Waals surface area (Å²) in [6.45, 7) is 9.29. The summed E-state index contributed by atoms with van der Waals surface area (Å²) in [5, 5.41) is 2.79. The molecule has 1 aromatic heterocycles. The average molecular weight is 235 g/mol. The Bertz CT molecular complexity index is 402. The summed E-state index contributed by atoms with van der Waals surface area (Å²) in [6, 6.07) is 3.69. The van der Waals surface area contributed by atoms with Gasteiger partial charge in [0, 0.05) is 11.7 Å². The van der Waals surface area contributed by atoms with Gasteiger partial charge in [0.05, 0.1) is 5.41 Å². The van der Waals surface area contributed by atoms with Gasteiger partial charge in [0.25, 0.3) is 0 Å². The van der Waals surface area contributed by atoms with Crippen molar-refractivity contribution in [1.82, 2.24) is 4.98 Å². The van der Waals surface area contributed by atoms with Crippen LogP contribution in [0.4, 0.5) is 5.82 Å². The minimum atomic E-state index is -0.667. The first-order chi connectivity index (χ1) is 7.64. The first kappa shape index (κ1) is 13.6. The smallest absolute Gasteiger partial charge is 0.233 e. The monoisotopic (exact) mass is 235 g/mol. The highest BCUT2D eigenvalue weighted by Gasteiger charge is 2.40. The molecule has 17 heavy (non-hydrogen) atoms. The second kappa shape index (κ2) is 4.45. The van der Waals surface area contributed by atoms with E-state index in [1.54, 1.807) is 12.3 Å². The molecular weight excluding hydrogens is 214 g/mol. The second-order valence-corrected chi connectivity index (χ2v) is 5.52. The van der Waals surface area contributed by atoms with E-state index >= 15 is 0 Å². The van der Waals surface area contributed by atoms with Gasteiger partial charge in [-0.05, 0) is 46.2 Å². The number of carbonyl (C=O) groups excluding carboxylic acids is 1. The van der Waals surface area contributed by atoms with Crippen LogP contribution in [0.5, 0.6) is 0 Å². The summed E-state index contributed by atoms with van der Waals surface area (Å²) < 4.78 is 0. The van der Waals surface area contributed by atoms with Gasteiger partial charge in [-0.15, -0.1) is 0 Å². The minimum absolute atomic E-state index is 0.124. The standard InChI is InChI=1S/C13H21N3O/c1-9-6-7-10(15-8-9)16-11(17)12(2,3)13(4,5)14/h6-8H,14H2,1-5H3,(H,15,16,17). The van der Waals surface area contributed by atoms with Gasteiger partial charge < -0.3 is 11.1 Å². The van der Waals surface area contributed by atoms with Crippen molar-refractivity contribution in [3.05, 3.63) is 23.9 Å². The molecule has 0 spiro atoms. The van der Waals surface area contributed by atoms with Crippen molar-refractivity contribution in [2.75, 3.05) is 5.32 Å². The number of hydrogen-bond acceptors (Lipinski definition) is 3. The van der Waals surface area contributed by atoms with E-state index in [0.717, 1.165) is 5.56 Å². The number of pyridine rings is 1. The predicted octanol–water partition coefficient (Wildman–Crippen LogP) is 2.09. The maximum absolute atomic E-state index is 12.1. The predicted molar refractivity (Wildman–Crippen MR) is 69.7 cm³/mol. The van der Waals surface area contributed by atoms with Crippen LogP contribution in [0.15, 0.2) is 18.3 Å². The Balaban J connectivity index is 2.83. The summed E-state index contributed by atoms with van der Waals surface area (Å²) in [4.78, 5) is 16.3. The van der Waals surface area contributed by atoms with Gasteiger partial charge >= 0.3 is 0 Å². The van der Waals surface area contributed by atoms with E-state index in [0.29, 0.717) is 5.82 Å². The van der Waals surface area contributed by atoms with Gasteiger partial charge in [0.1, 0.15) is 5.82 Å². The number of amides is 1. The molecule has 0 radical (unpaired) electrons. The highest BCUT2D eigenvalue weighted by atomic mass is 16.2. The van der Waals surface area contributed by atoms with E-state index in [-0.39, 0.29) is 5.91 Å². The normalized spacial score (nSPS) is 12.4. The summed E-state index contributed by atoms with van der Waals surface area (Å²) in [6.07, 6.45) is 1.72. The van der Waals surface area contributed by atoms with Crippen LogP contribution in [0.3, 0.4) is 0 Å². The third kappa shape index (κ3) is 3.03. The van der Waals surface area contributed by atoms with Crippen LogP contribution >= 0.6 is 0 Å². The Morgan fingerprint density at radius 3 is 2.29 bits per heavy atom. The number of nitrogens with two attached hydrogens (primary N) is 1. The molecular formula is C13H21N3O. The van der Waals surface area contributed by atoms with Gasteiger partial charge in [-0.3, -0.25) is 4.79 Å². The van der Waals surface area contributed by atoms with Gasteiger partial charge in [0.2, 0.25) is 5.91 Å². The van der Waals surface area contributed by atoms with Crippen molar-refractivity contribution >= 4 is 11.7 Å². The average Bonchev–Trinajstić information content (AvgIpc) is 2.19. The molecule has 0 atom stereocenters. The molecule has 0 fully saturated rings. The van der Waals surface area contributed by atoms with E-state index in [1.807, 2.05) is 40.7 Å². The van der Waals surface area contributed by atoms with Crippen LogP contribution in [0, 0.1) is 12.3 Å². The number of nitrogens with one attached hydrogen (secondary N) is 1. The Labute approximate surface area is 103 Å². The maximum Gasteiger partial charge on any atom is 0.233 e. The zero-order valence-electron chi connectivity index (χ0n) is 11.2. The molecule has 0 aliphatic heterocycles. The Morgan fingerprint density at radius 2 is 1.88 bits per heavy atom. The lowest BCUT2D eigenvalue weighted by molar-refractivity contribution is -0.126. The number of hydrogen-bond donors (Lipinski definition) is 2. The van der Waals surface area contributed by atoms with Crippen LogP contribution in [0.25, 0.3) is 0 Å². The molecule has 1 heterocycles. The van der Waals surface area contributed by atoms with Crippen LogP contribution in [-0.2, 0) is 4.79 Å². The molecule has 0 aliphatic carbocycles. The van der Waals surface area contributed by atoms with E-state index in [1.165, 1.54) is 0 Å². The van der Waals surface area contributed by atoms with Crippen LogP contribution in [0.1, 0.15) is 33.3 Å². The van der Waals surface area contributed by atoms with E-state index in [4.69, 9.17) is 5.73 Å². The molecule has 0 bridgehead atoms. The molecule has 0 aliphatic rings. The largest absolute Gasteiger partial charge is 0.325 e. The SMILES string of the molecule is Cc1ccc(NC(=O)C(C)(C)C(C)(C)N)nc1. The third-order valence-electron chi connectivity index (χ3n) is 3.33. The van der Waals surface area contributed by atoms with E-state index < -0.39 is 11.0 Å². The second-order valence-electron chi connectivity index (χ2n) is 5.52. The van der Waals surface area contributed by atoms with Gasteiger partial charge in [0.15, 0.2) is 0 Å². The molecule has 0 unspecified atom stereocenters. The Morgan fingerprint density at radius 1 is 1.29 bits per heavy atom. The molecule has 3 N–H and O–H groups in total. The molecule has 0 saturated carbocycles. The number of anilines is 1. The first-order valence-electron chi connectivity index (χ1n) is 5.67. The number of aromatic nitrogens is 1. The lowest BCUT2D eigenvalue weighted by Crippen LogP contribution is -2.53. The first-order valence-corrected chi connectivity index (χ1v) is 5.67. The molecule has 1 amide bonds. The fourth-order valence-electron chi connectivity index (χ4n) is 1.11. The molecule has 4 heteroatoms. The summed E-state index contributed by atoms with van der Waals surface area (Å²) in [5.74, 6) is 0.430. The summed E-state index contributed by atoms with van der Waals surface area (Å²) >= 11 is 0. The molecule has 1 aromatic rings. The van der Waals surface area contributed by atoms with Crippen molar-refractivity contribution in [1.29, 1.82) is 0 Å². The highest BCUT2D eigenvalue weighted by Crippen LogP contribution is 2.29. The van der Waals surface area contributed by atoms with Crippen LogP contribution < -0.4 is 11.1 Å². The Kier molecular flexibility index (Phi) is 3.57. The van der Waals surface area contributed by atoms with Gasteiger partial charge in [-0.25, -0.2) is 4.98 Å². The van der Waals surface area contributed by atoms with Crippen molar-refractivity contribution in [2.24, 2.45) is 11.1 Å². The lowest BCUT2D eigenvalue weighted by atomic mass is 9.74. The molecule has 0 saturated heterocycles. The zero-order chi connectivity index (χ0) is 13.3.